The third-order valence-electron chi connectivity index (χ3n) is 6.27. The lowest BCUT2D eigenvalue weighted by Gasteiger charge is -2.33. The second-order valence-corrected chi connectivity index (χ2v) is 10.1. The predicted molar refractivity (Wildman–Crippen MR) is 130 cm³/mol. The van der Waals surface area contributed by atoms with Crippen LogP contribution >= 0.6 is 11.6 Å². The Kier molecular flexibility index (Phi) is 9.16. The molecule has 0 saturated heterocycles. The number of alkyl halides is 9. The molecular formula is C26H24ClF9N2O3. The topological polar surface area (TPSA) is 49.9 Å². The summed E-state index contributed by atoms with van der Waals surface area (Å²) in [5, 5.41) is -0.776. The molecule has 2 aromatic carbocycles. The Bertz CT molecular complexity index is 1270. The van der Waals surface area contributed by atoms with E-state index in [0.717, 1.165) is 22.8 Å². The molecule has 0 radical (unpaired) electrons. The molecule has 2 aromatic rings. The Labute approximate surface area is 233 Å². The van der Waals surface area contributed by atoms with E-state index in [9.17, 15) is 49.1 Å². The first-order valence-corrected chi connectivity index (χ1v) is 12.5. The van der Waals surface area contributed by atoms with Crippen molar-refractivity contribution in [2.24, 2.45) is 0 Å². The highest BCUT2D eigenvalue weighted by Gasteiger charge is 2.40. The van der Waals surface area contributed by atoms with E-state index in [4.69, 9.17) is 16.3 Å². The molecule has 15 heteroatoms. The van der Waals surface area contributed by atoms with Gasteiger partial charge in [-0.2, -0.15) is 39.5 Å². The maximum Gasteiger partial charge on any atom is 0.417 e. The molecule has 1 heterocycles. The van der Waals surface area contributed by atoms with Gasteiger partial charge in [0.15, 0.2) is 0 Å². The van der Waals surface area contributed by atoms with Crippen molar-refractivity contribution in [3.63, 3.8) is 0 Å². The summed E-state index contributed by atoms with van der Waals surface area (Å²) in [5.41, 5.74) is -5.34. The summed E-state index contributed by atoms with van der Waals surface area (Å²) >= 11 is 5.95. The van der Waals surface area contributed by atoms with Crippen molar-refractivity contribution in [2.45, 2.75) is 70.8 Å². The van der Waals surface area contributed by atoms with Crippen molar-refractivity contribution in [2.75, 3.05) is 11.4 Å². The highest BCUT2D eigenvalue weighted by molar-refractivity contribution is 6.31. The zero-order valence-electron chi connectivity index (χ0n) is 21.8. The van der Waals surface area contributed by atoms with E-state index in [-0.39, 0.29) is 36.7 Å². The highest BCUT2D eigenvalue weighted by atomic mass is 35.5. The third kappa shape index (κ3) is 7.57. The Morgan fingerprint density at radius 3 is 1.98 bits per heavy atom. The minimum Gasteiger partial charge on any atom is -0.446 e. The van der Waals surface area contributed by atoms with Gasteiger partial charge < -0.3 is 9.64 Å². The van der Waals surface area contributed by atoms with Gasteiger partial charge in [-0.05, 0) is 62.6 Å². The van der Waals surface area contributed by atoms with Crippen molar-refractivity contribution >= 4 is 29.3 Å². The molecule has 1 atom stereocenters. The molecule has 0 spiro atoms. The standard InChI is InChI=1S/C26H24ClF9N2O3/c1-13(2)41-23(40)37-6-4-5-21(18-10-20(27)19(11-22(18)37)26(34,35)36)38(14(3)39)12-15-7-16(24(28,29)30)9-17(8-15)25(31,32)33/h7-11,13,21H,4-6,12H2,1-3H3. The van der Waals surface area contributed by atoms with Gasteiger partial charge in [-0.3, -0.25) is 9.69 Å². The molecule has 3 rings (SSSR count). The molecule has 0 fully saturated rings. The second kappa shape index (κ2) is 11.6. The number of hydrogen-bond acceptors (Lipinski definition) is 3. The van der Waals surface area contributed by atoms with Crippen molar-refractivity contribution < 1.29 is 53.8 Å². The summed E-state index contributed by atoms with van der Waals surface area (Å²) in [6.45, 7) is 3.15. The third-order valence-corrected chi connectivity index (χ3v) is 6.58. The van der Waals surface area contributed by atoms with Crippen LogP contribution in [-0.2, 0) is 34.6 Å². The van der Waals surface area contributed by atoms with E-state index in [2.05, 4.69) is 0 Å². The second-order valence-electron chi connectivity index (χ2n) is 9.69. The van der Waals surface area contributed by atoms with Crippen LogP contribution in [0, 0.1) is 0 Å². The van der Waals surface area contributed by atoms with Gasteiger partial charge in [0.25, 0.3) is 0 Å². The number of halogens is 10. The average Bonchev–Trinajstić information content (AvgIpc) is 2.98. The van der Waals surface area contributed by atoms with Crippen LogP contribution in [0.4, 0.5) is 50.0 Å². The van der Waals surface area contributed by atoms with Crippen LogP contribution in [-0.4, -0.2) is 29.5 Å². The lowest BCUT2D eigenvalue weighted by Crippen LogP contribution is -2.35. The van der Waals surface area contributed by atoms with E-state index in [1.54, 1.807) is 0 Å². The van der Waals surface area contributed by atoms with E-state index in [0.29, 0.717) is 18.2 Å². The maximum atomic E-state index is 13.7. The van der Waals surface area contributed by atoms with Gasteiger partial charge in [-0.25, -0.2) is 4.79 Å². The number of benzene rings is 2. The maximum absolute atomic E-state index is 13.7. The first kappa shape index (κ1) is 32.4. The summed E-state index contributed by atoms with van der Waals surface area (Å²) in [7, 11) is 0. The molecule has 41 heavy (non-hydrogen) atoms. The van der Waals surface area contributed by atoms with Gasteiger partial charge in [0.2, 0.25) is 5.91 Å². The number of nitrogens with zero attached hydrogens (tertiary/aromatic N) is 2. The van der Waals surface area contributed by atoms with Gasteiger partial charge in [-0.15, -0.1) is 0 Å². The Morgan fingerprint density at radius 2 is 1.51 bits per heavy atom. The first-order chi connectivity index (χ1) is 18.7. The number of carbonyl (C=O) groups excluding carboxylic acids is 2. The molecule has 1 aliphatic rings. The number of hydrogen-bond donors (Lipinski definition) is 0. The van der Waals surface area contributed by atoms with E-state index < -0.39 is 76.5 Å². The zero-order valence-corrected chi connectivity index (χ0v) is 22.5. The van der Waals surface area contributed by atoms with Gasteiger partial charge in [0.1, 0.15) is 0 Å². The Morgan fingerprint density at radius 1 is 0.951 bits per heavy atom. The van der Waals surface area contributed by atoms with E-state index in [1.165, 1.54) is 13.8 Å². The number of ether oxygens (including phenoxy) is 1. The van der Waals surface area contributed by atoms with Gasteiger partial charge in [-0.1, -0.05) is 11.6 Å². The fourth-order valence-corrected chi connectivity index (χ4v) is 4.82. The molecule has 1 unspecified atom stereocenters. The normalized spacial score (nSPS) is 16.3. The number of carbonyl (C=O) groups is 2. The lowest BCUT2D eigenvalue weighted by atomic mass is 9.96. The van der Waals surface area contributed by atoms with Crippen LogP contribution in [0.15, 0.2) is 30.3 Å². The van der Waals surface area contributed by atoms with E-state index >= 15 is 0 Å². The molecule has 0 aromatic heterocycles. The van der Waals surface area contributed by atoms with Crippen LogP contribution in [0.25, 0.3) is 0 Å². The smallest absolute Gasteiger partial charge is 0.417 e. The number of fused-ring (bicyclic) bond motifs is 1. The fraction of sp³-hybridized carbons (Fsp3) is 0.462. The van der Waals surface area contributed by atoms with Crippen LogP contribution < -0.4 is 4.90 Å². The quantitative estimate of drug-likeness (QED) is 0.322. The molecule has 0 saturated carbocycles. The lowest BCUT2D eigenvalue weighted by molar-refractivity contribution is -0.143. The molecule has 5 nitrogen and oxygen atoms in total. The highest BCUT2D eigenvalue weighted by Crippen LogP contribution is 2.45. The van der Waals surface area contributed by atoms with Crippen LogP contribution in [0.2, 0.25) is 5.02 Å². The van der Waals surface area contributed by atoms with Gasteiger partial charge in [0, 0.05) is 25.6 Å². The predicted octanol–water partition coefficient (Wildman–Crippen LogP) is 8.63. The number of rotatable bonds is 4. The average molecular weight is 619 g/mol. The summed E-state index contributed by atoms with van der Waals surface area (Å²) < 4.78 is 127. The zero-order chi connectivity index (χ0) is 31.1. The fourth-order valence-electron chi connectivity index (χ4n) is 4.54. The summed E-state index contributed by atoms with van der Waals surface area (Å²) in [6, 6.07) is 1.22. The molecule has 1 aliphatic heterocycles. The van der Waals surface area contributed by atoms with Crippen LogP contribution in [0.5, 0.6) is 0 Å². The summed E-state index contributed by atoms with van der Waals surface area (Å²) in [4.78, 5) is 27.5. The molecule has 226 valence electrons. The van der Waals surface area contributed by atoms with Crippen molar-refractivity contribution in [1.29, 1.82) is 0 Å². The molecule has 2 amide bonds. The van der Waals surface area contributed by atoms with Crippen molar-refractivity contribution in [3.05, 3.63) is 63.2 Å². The Balaban J connectivity index is 2.19. The van der Waals surface area contributed by atoms with Gasteiger partial charge in [0.05, 0.1) is 39.5 Å². The van der Waals surface area contributed by atoms with Gasteiger partial charge >= 0.3 is 24.6 Å². The minimum atomic E-state index is -5.13. The first-order valence-electron chi connectivity index (χ1n) is 12.1. The summed E-state index contributed by atoms with van der Waals surface area (Å²) in [6.07, 6.45) is -16.8. The largest absolute Gasteiger partial charge is 0.446 e. The monoisotopic (exact) mass is 618 g/mol. The van der Waals surface area contributed by atoms with E-state index in [1.807, 2.05) is 0 Å². The number of anilines is 1. The number of amides is 2. The Hall–Kier alpha value is -3.16. The molecule has 0 bridgehead atoms. The van der Waals surface area contributed by atoms with Crippen LogP contribution in [0.3, 0.4) is 0 Å². The minimum absolute atomic E-state index is 0.00911. The molecular weight excluding hydrogens is 595 g/mol. The molecule has 0 aliphatic carbocycles. The van der Waals surface area contributed by atoms with Crippen LogP contribution in [0.1, 0.15) is 67.5 Å². The van der Waals surface area contributed by atoms with Crippen molar-refractivity contribution in [1.82, 2.24) is 4.90 Å². The summed E-state index contributed by atoms with van der Waals surface area (Å²) in [5.74, 6) is -0.791. The molecule has 0 N–H and O–H groups in total. The SMILES string of the molecule is CC(=O)N(Cc1cc(C(F)(F)F)cc(C(F)(F)F)c1)C1CCCN(C(=O)OC(C)C)c2cc(C(F)(F)F)c(Cl)cc21. The van der Waals surface area contributed by atoms with Crippen molar-refractivity contribution in [3.8, 4) is 0 Å².